The van der Waals surface area contributed by atoms with Crippen LogP contribution in [0.25, 0.3) is 5.82 Å². The molecule has 7 heteroatoms. The Morgan fingerprint density at radius 3 is 2.67 bits per heavy atom. The van der Waals surface area contributed by atoms with Gasteiger partial charge in [0.1, 0.15) is 18.4 Å². The second-order valence-corrected chi connectivity index (χ2v) is 6.44. The minimum absolute atomic E-state index is 0.202. The molecule has 0 radical (unpaired) electrons. The van der Waals surface area contributed by atoms with Gasteiger partial charge in [-0.3, -0.25) is 4.79 Å². The normalized spacial score (nSPS) is 12.0. The molecule has 0 spiro atoms. The number of rotatable bonds is 7. The molecule has 0 aliphatic heterocycles. The number of amides is 1. The van der Waals surface area contributed by atoms with E-state index in [0.29, 0.717) is 23.8 Å². The lowest BCUT2D eigenvalue weighted by molar-refractivity contribution is -0.122. The number of anilines is 1. The zero-order valence-electron chi connectivity index (χ0n) is 15.7. The number of hydrogen-bond acceptors (Lipinski definition) is 5. The topological polar surface area (TPSA) is 81.9 Å². The summed E-state index contributed by atoms with van der Waals surface area (Å²) in [5.74, 6) is 1.48. The van der Waals surface area contributed by atoms with Gasteiger partial charge in [-0.1, -0.05) is 39.0 Å². The first kappa shape index (κ1) is 18.6. The molecule has 0 fully saturated rings. The van der Waals surface area contributed by atoms with Crippen molar-refractivity contribution >= 4 is 11.6 Å². The largest absolute Gasteiger partial charge is 0.480 e. The third kappa shape index (κ3) is 4.49. The maximum Gasteiger partial charge on any atom is 0.265 e. The van der Waals surface area contributed by atoms with Crippen LogP contribution < -0.4 is 10.1 Å². The first-order chi connectivity index (χ1) is 13.1. The van der Waals surface area contributed by atoms with Crippen molar-refractivity contribution < 1.29 is 9.53 Å². The average molecular weight is 365 g/mol. The van der Waals surface area contributed by atoms with E-state index in [9.17, 15) is 4.79 Å². The number of pyridine rings is 1. The molecule has 3 rings (SSSR count). The van der Waals surface area contributed by atoms with Gasteiger partial charge in [0.05, 0.1) is 11.9 Å². The Balaban J connectivity index is 1.69. The van der Waals surface area contributed by atoms with Gasteiger partial charge in [-0.15, -0.1) is 0 Å². The molecule has 0 unspecified atom stereocenters. The molecule has 2 heterocycles. The highest BCUT2D eigenvalue weighted by molar-refractivity contribution is 5.94. The SMILES string of the molecule is CC[C@H](Oc1ccccc1C(C)C)C(=O)Nc1ccc(-n2cncn2)nc1. The minimum Gasteiger partial charge on any atom is -0.480 e. The molecule has 0 saturated heterocycles. The number of nitrogens with one attached hydrogen (secondary N) is 1. The van der Waals surface area contributed by atoms with Crippen molar-refractivity contribution in [3.05, 3.63) is 60.8 Å². The highest BCUT2D eigenvalue weighted by Crippen LogP contribution is 2.27. The van der Waals surface area contributed by atoms with Crippen LogP contribution in [0, 0.1) is 0 Å². The Kier molecular flexibility index (Phi) is 5.80. The summed E-state index contributed by atoms with van der Waals surface area (Å²) in [6.45, 7) is 6.13. The Morgan fingerprint density at radius 2 is 2.04 bits per heavy atom. The van der Waals surface area contributed by atoms with Crippen LogP contribution in [0.5, 0.6) is 5.75 Å². The third-order valence-corrected chi connectivity index (χ3v) is 4.14. The second kappa shape index (κ2) is 8.44. The summed E-state index contributed by atoms with van der Waals surface area (Å²) in [7, 11) is 0. The van der Waals surface area contributed by atoms with E-state index < -0.39 is 6.10 Å². The first-order valence-corrected chi connectivity index (χ1v) is 8.96. The van der Waals surface area contributed by atoms with Gasteiger partial charge in [-0.2, -0.15) is 5.10 Å². The van der Waals surface area contributed by atoms with Crippen molar-refractivity contribution in [3.63, 3.8) is 0 Å². The zero-order chi connectivity index (χ0) is 19.2. The number of ether oxygens (including phenoxy) is 1. The Hall–Kier alpha value is -3.22. The monoisotopic (exact) mass is 365 g/mol. The van der Waals surface area contributed by atoms with Crippen LogP contribution in [0.15, 0.2) is 55.2 Å². The lowest BCUT2D eigenvalue weighted by Crippen LogP contribution is -2.32. The highest BCUT2D eigenvalue weighted by Gasteiger charge is 2.20. The van der Waals surface area contributed by atoms with Crippen molar-refractivity contribution in [2.75, 3.05) is 5.32 Å². The fraction of sp³-hybridized carbons (Fsp3) is 0.300. The summed E-state index contributed by atoms with van der Waals surface area (Å²) in [4.78, 5) is 20.8. The van der Waals surface area contributed by atoms with E-state index in [1.54, 1.807) is 29.3 Å². The molecule has 3 aromatic rings. The molecular formula is C20H23N5O2. The molecule has 1 atom stereocenters. The van der Waals surface area contributed by atoms with Gasteiger partial charge in [-0.05, 0) is 36.1 Å². The van der Waals surface area contributed by atoms with Crippen LogP contribution in [0.2, 0.25) is 0 Å². The van der Waals surface area contributed by atoms with E-state index in [2.05, 4.69) is 34.2 Å². The van der Waals surface area contributed by atoms with E-state index in [1.165, 1.54) is 6.33 Å². The zero-order valence-corrected chi connectivity index (χ0v) is 15.7. The predicted octanol–water partition coefficient (Wildman–Crippen LogP) is 3.58. The smallest absolute Gasteiger partial charge is 0.265 e. The molecule has 140 valence electrons. The van der Waals surface area contributed by atoms with Crippen molar-refractivity contribution in [2.24, 2.45) is 0 Å². The summed E-state index contributed by atoms with van der Waals surface area (Å²) in [6.07, 6.45) is 4.57. The average Bonchev–Trinajstić information content (AvgIpc) is 3.21. The van der Waals surface area contributed by atoms with E-state index >= 15 is 0 Å². The Bertz CT molecular complexity index is 876. The number of hydrogen-bond donors (Lipinski definition) is 1. The molecule has 0 aliphatic rings. The molecule has 0 saturated carbocycles. The maximum absolute atomic E-state index is 12.7. The molecule has 1 N–H and O–H groups in total. The second-order valence-electron chi connectivity index (χ2n) is 6.44. The lowest BCUT2D eigenvalue weighted by atomic mass is 10.0. The van der Waals surface area contributed by atoms with E-state index in [4.69, 9.17) is 4.74 Å². The number of nitrogens with zero attached hydrogens (tertiary/aromatic N) is 4. The van der Waals surface area contributed by atoms with Gasteiger partial charge < -0.3 is 10.1 Å². The number of carbonyl (C=O) groups is 1. The summed E-state index contributed by atoms with van der Waals surface area (Å²) < 4.78 is 7.57. The summed E-state index contributed by atoms with van der Waals surface area (Å²) in [5, 5.41) is 6.89. The first-order valence-electron chi connectivity index (χ1n) is 8.96. The lowest BCUT2D eigenvalue weighted by Gasteiger charge is -2.20. The van der Waals surface area contributed by atoms with Crippen LogP contribution in [0.4, 0.5) is 5.69 Å². The van der Waals surface area contributed by atoms with Crippen LogP contribution >= 0.6 is 0 Å². The van der Waals surface area contributed by atoms with E-state index in [0.717, 1.165) is 11.3 Å². The Morgan fingerprint density at radius 1 is 1.22 bits per heavy atom. The van der Waals surface area contributed by atoms with Crippen molar-refractivity contribution in [1.82, 2.24) is 19.7 Å². The molecule has 1 amide bonds. The fourth-order valence-corrected chi connectivity index (χ4v) is 2.69. The fourth-order valence-electron chi connectivity index (χ4n) is 2.69. The number of benzene rings is 1. The Labute approximate surface area is 158 Å². The highest BCUT2D eigenvalue weighted by atomic mass is 16.5. The van der Waals surface area contributed by atoms with Gasteiger partial charge in [0.2, 0.25) is 0 Å². The van der Waals surface area contributed by atoms with Crippen LogP contribution in [0.3, 0.4) is 0 Å². The molecule has 0 bridgehead atoms. The van der Waals surface area contributed by atoms with Gasteiger partial charge in [0, 0.05) is 0 Å². The van der Waals surface area contributed by atoms with Gasteiger partial charge in [0.25, 0.3) is 5.91 Å². The minimum atomic E-state index is -0.583. The summed E-state index contributed by atoms with van der Waals surface area (Å²) in [5.41, 5.74) is 1.69. The summed E-state index contributed by atoms with van der Waals surface area (Å²) >= 11 is 0. The van der Waals surface area contributed by atoms with Crippen molar-refractivity contribution in [1.29, 1.82) is 0 Å². The van der Waals surface area contributed by atoms with Gasteiger partial charge in [0.15, 0.2) is 11.9 Å². The van der Waals surface area contributed by atoms with E-state index in [1.807, 2.05) is 31.2 Å². The van der Waals surface area contributed by atoms with Crippen LogP contribution in [-0.4, -0.2) is 31.8 Å². The number of aromatic nitrogens is 4. The third-order valence-electron chi connectivity index (χ3n) is 4.14. The van der Waals surface area contributed by atoms with Gasteiger partial charge >= 0.3 is 0 Å². The predicted molar refractivity (Wildman–Crippen MR) is 103 cm³/mol. The van der Waals surface area contributed by atoms with Crippen LogP contribution in [0.1, 0.15) is 38.7 Å². The standard InChI is InChI=1S/C20H23N5O2/c1-4-17(27-18-8-6-5-7-16(18)14(2)3)20(26)24-15-9-10-19(22-11-15)25-13-21-12-23-25/h5-14,17H,4H2,1-3H3,(H,24,26)/t17-/m0/s1. The molecular weight excluding hydrogens is 342 g/mol. The maximum atomic E-state index is 12.7. The quantitative estimate of drug-likeness (QED) is 0.692. The van der Waals surface area contributed by atoms with E-state index in [-0.39, 0.29) is 5.91 Å². The van der Waals surface area contributed by atoms with Gasteiger partial charge in [-0.25, -0.2) is 14.6 Å². The van der Waals surface area contributed by atoms with Crippen molar-refractivity contribution in [2.45, 2.75) is 39.2 Å². The summed E-state index contributed by atoms with van der Waals surface area (Å²) in [6, 6.07) is 11.4. The molecule has 1 aromatic carbocycles. The molecule has 2 aromatic heterocycles. The number of para-hydroxylation sites is 1. The molecule has 0 aliphatic carbocycles. The molecule has 7 nitrogen and oxygen atoms in total. The number of carbonyl (C=O) groups excluding carboxylic acids is 1. The van der Waals surface area contributed by atoms with Crippen molar-refractivity contribution in [3.8, 4) is 11.6 Å². The molecule has 27 heavy (non-hydrogen) atoms. The van der Waals surface area contributed by atoms with Crippen LogP contribution in [-0.2, 0) is 4.79 Å².